The predicted octanol–water partition coefficient (Wildman–Crippen LogP) is -0.484. The summed E-state index contributed by atoms with van der Waals surface area (Å²) >= 11 is 0. The maximum Gasteiger partial charge on any atom is 0.236 e. The van der Waals surface area contributed by atoms with Crippen molar-refractivity contribution in [3.05, 3.63) is 0 Å². The molecule has 1 rings (SSSR count). The van der Waals surface area contributed by atoms with E-state index in [0.717, 1.165) is 45.7 Å². The Morgan fingerprint density at radius 1 is 1.44 bits per heavy atom. The fourth-order valence-electron chi connectivity index (χ4n) is 1.72. The SMILES string of the molecule is CN(CCCN)C(=O)CN1CCCOCC1. The van der Waals surface area contributed by atoms with E-state index in [1.807, 2.05) is 7.05 Å². The fraction of sp³-hybridized carbons (Fsp3) is 0.909. The molecule has 1 saturated heterocycles. The summed E-state index contributed by atoms with van der Waals surface area (Å²) in [7, 11) is 1.84. The Morgan fingerprint density at radius 2 is 2.25 bits per heavy atom. The zero-order valence-electron chi connectivity index (χ0n) is 10.2. The largest absolute Gasteiger partial charge is 0.380 e. The van der Waals surface area contributed by atoms with E-state index in [-0.39, 0.29) is 5.91 Å². The smallest absolute Gasteiger partial charge is 0.236 e. The fourth-order valence-corrected chi connectivity index (χ4v) is 1.72. The van der Waals surface area contributed by atoms with Crippen molar-refractivity contribution in [1.29, 1.82) is 0 Å². The lowest BCUT2D eigenvalue weighted by atomic mass is 10.3. The van der Waals surface area contributed by atoms with Crippen LogP contribution in [0.1, 0.15) is 12.8 Å². The van der Waals surface area contributed by atoms with Crippen LogP contribution in [-0.2, 0) is 9.53 Å². The molecule has 0 saturated carbocycles. The molecule has 5 heteroatoms. The molecular formula is C11H23N3O2. The average molecular weight is 229 g/mol. The van der Waals surface area contributed by atoms with Crippen molar-refractivity contribution in [3.8, 4) is 0 Å². The molecule has 5 nitrogen and oxygen atoms in total. The van der Waals surface area contributed by atoms with Gasteiger partial charge in [0.2, 0.25) is 5.91 Å². The summed E-state index contributed by atoms with van der Waals surface area (Å²) in [5.74, 6) is 0.176. The molecule has 1 amide bonds. The molecule has 0 aromatic heterocycles. The second-order valence-electron chi connectivity index (χ2n) is 4.20. The van der Waals surface area contributed by atoms with Crippen molar-refractivity contribution in [3.63, 3.8) is 0 Å². The number of carbonyl (C=O) groups excluding carboxylic acids is 1. The van der Waals surface area contributed by atoms with Crippen molar-refractivity contribution in [2.75, 3.05) is 53.0 Å². The van der Waals surface area contributed by atoms with Crippen molar-refractivity contribution < 1.29 is 9.53 Å². The zero-order chi connectivity index (χ0) is 11.8. The molecule has 0 aliphatic carbocycles. The molecule has 0 spiro atoms. The second kappa shape index (κ2) is 7.60. The van der Waals surface area contributed by atoms with E-state index in [1.54, 1.807) is 4.90 Å². The van der Waals surface area contributed by atoms with Crippen molar-refractivity contribution in [2.24, 2.45) is 5.73 Å². The summed E-state index contributed by atoms with van der Waals surface area (Å²) < 4.78 is 5.35. The maximum absolute atomic E-state index is 11.8. The summed E-state index contributed by atoms with van der Waals surface area (Å²) in [6, 6.07) is 0. The van der Waals surface area contributed by atoms with E-state index in [2.05, 4.69) is 4.90 Å². The van der Waals surface area contributed by atoms with Gasteiger partial charge < -0.3 is 15.4 Å². The molecule has 0 atom stereocenters. The summed E-state index contributed by atoms with van der Waals surface area (Å²) in [5, 5.41) is 0. The Morgan fingerprint density at radius 3 is 3.00 bits per heavy atom. The number of hydrogen-bond donors (Lipinski definition) is 1. The standard InChI is InChI=1S/C11H23N3O2/c1-13(5-2-4-12)11(15)10-14-6-3-8-16-9-7-14/h2-10,12H2,1H3. The van der Waals surface area contributed by atoms with Gasteiger partial charge in [-0.15, -0.1) is 0 Å². The molecule has 94 valence electrons. The zero-order valence-corrected chi connectivity index (χ0v) is 10.2. The Hall–Kier alpha value is -0.650. The lowest BCUT2D eigenvalue weighted by molar-refractivity contribution is -0.131. The number of amides is 1. The number of rotatable bonds is 5. The van der Waals surface area contributed by atoms with Gasteiger partial charge in [0.1, 0.15) is 0 Å². The first-order valence-corrected chi connectivity index (χ1v) is 5.98. The Labute approximate surface area is 97.5 Å². The maximum atomic E-state index is 11.8. The molecule has 1 heterocycles. The van der Waals surface area contributed by atoms with Gasteiger partial charge in [-0.1, -0.05) is 0 Å². The Bertz CT molecular complexity index is 203. The van der Waals surface area contributed by atoms with Crippen LogP contribution in [0.25, 0.3) is 0 Å². The van der Waals surface area contributed by atoms with Crippen LogP contribution in [0.2, 0.25) is 0 Å². The molecule has 0 aromatic carbocycles. The Kier molecular flexibility index (Phi) is 6.37. The molecule has 16 heavy (non-hydrogen) atoms. The minimum Gasteiger partial charge on any atom is -0.380 e. The lowest BCUT2D eigenvalue weighted by Crippen LogP contribution is -2.40. The van der Waals surface area contributed by atoms with Gasteiger partial charge in [0.25, 0.3) is 0 Å². The van der Waals surface area contributed by atoms with Crippen LogP contribution in [0.3, 0.4) is 0 Å². The topological polar surface area (TPSA) is 58.8 Å². The molecule has 2 N–H and O–H groups in total. The van der Waals surface area contributed by atoms with Gasteiger partial charge in [0.15, 0.2) is 0 Å². The number of likely N-dealkylation sites (N-methyl/N-ethyl adjacent to an activating group) is 1. The van der Waals surface area contributed by atoms with Crippen LogP contribution >= 0.6 is 0 Å². The van der Waals surface area contributed by atoms with E-state index in [9.17, 15) is 4.79 Å². The summed E-state index contributed by atoms with van der Waals surface area (Å²) in [6.45, 7) is 5.25. The average Bonchev–Trinajstić information content (AvgIpc) is 2.54. The Balaban J connectivity index is 2.25. The summed E-state index contributed by atoms with van der Waals surface area (Å²) in [5.41, 5.74) is 5.42. The molecule has 1 aliphatic rings. The van der Waals surface area contributed by atoms with Crippen molar-refractivity contribution in [2.45, 2.75) is 12.8 Å². The number of nitrogens with two attached hydrogens (primary N) is 1. The highest BCUT2D eigenvalue weighted by atomic mass is 16.5. The lowest BCUT2D eigenvalue weighted by Gasteiger charge is -2.23. The van der Waals surface area contributed by atoms with Crippen LogP contribution < -0.4 is 5.73 Å². The van der Waals surface area contributed by atoms with Gasteiger partial charge in [0, 0.05) is 33.3 Å². The first kappa shape index (κ1) is 13.4. The van der Waals surface area contributed by atoms with E-state index >= 15 is 0 Å². The van der Waals surface area contributed by atoms with E-state index in [1.165, 1.54) is 0 Å². The van der Waals surface area contributed by atoms with Gasteiger partial charge in [-0.05, 0) is 19.4 Å². The predicted molar refractivity (Wildman–Crippen MR) is 63.2 cm³/mol. The summed E-state index contributed by atoms with van der Waals surface area (Å²) in [6.07, 6.45) is 1.88. The van der Waals surface area contributed by atoms with Crippen LogP contribution in [-0.4, -0.2) is 68.7 Å². The minimum absolute atomic E-state index is 0.176. The van der Waals surface area contributed by atoms with E-state index in [0.29, 0.717) is 13.1 Å². The van der Waals surface area contributed by atoms with Gasteiger partial charge in [-0.2, -0.15) is 0 Å². The third kappa shape index (κ3) is 4.92. The third-order valence-corrected chi connectivity index (χ3v) is 2.80. The highest BCUT2D eigenvalue weighted by Gasteiger charge is 2.15. The van der Waals surface area contributed by atoms with Gasteiger partial charge >= 0.3 is 0 Å². The molecule has 0 unspecified atom stereocenters. The van der Waals surface area contributed by atoms with E-state index in [4.69, 9.17) is 10.5 Å². The first-order chi connectivity index (χ1) is 7.74. The van der Waals surface area contributed by atoms with Gasteiger partial charge in [-0.3, -0.25) is 9.69 Å². The molecular weight excluding hydrogens is 206 g/mol. The van der Waals surface area contributed by atoms with Gasteiger partial charge in [0.05, 0.1) is 13.2 Å². The quantitative estimate of drug-likeness (QED) is 0.691. The highest BCUT2D eigenvalue weighted by molar-refractivity contribution is 5.77. The van der Waals surface area contributed by atoms with Crippen LogP contribution in [0.15, 0.2) is 0 Å². The highest BCUT2D eigenvalue weighted by Crippen LogP contribution is 2.00. The molecule has 0 bridgehead atoms. The van der Waals surface area contributed by atoms with Crippen LogP contribution in [0.5, 0.6) is 0 Å². The second-order valence-corrected chi connectivity index (χ2v) is 4.20. The normalized spacial score (nSPS) is 18.1. The third-order valence-electron chi connectivity index (χ3n) is 2.80. The monoisotopic (exact) mass is 229 g/mol. The molecule has 1 fully saturated rings. The number of nitrogens with zero attached hydrogens (tertiary/aromatic N) is 2. The summed E-state index contributed by atoms with van der Waals surface area (Å²) in [4.78, 5) is 15.8. The number of hydrogen-bond acceptors (Lipinski definition) is 4. The minimum atomic E-state index is 0.176. The molecule has 0 aromatic rings. The van der Waals surface area contributed by atoms with E-state index < -0.39 is 0 Å². The number of ether oxygens (including phenoxy) is 1. The molecule has 0 radical (unpaired) electrons. The van der Waals surface area contributed by atoms with Crippen LogP contribution in [0.4, 0.5) is 0 Å². The van der Waals surface area contributed by atoms with Crippen LogP contribution in [0, 0.1) is 0 Å². The van der Waals surface area contributed by atoms with Gasteiger partial charge in [-0.25, -0.2) is 0 Å². The number of carbonyl (C=O) groups is 1. The first-order valence-electron chi connectivity index (χ1n) is 5.98. The van der Waals surface area contributed by atoms with Crippen molar-refractivity contribution in [1.82, 2.24) is 9.80 Å². The molecule has 1 aliphatic heterocycles. The van der Waals surface area contributed by atoms with Crippen molar-refractivity contribution >= 4 is 5.91 Å².